The Labute approximate surface area is 239 Å². The Morgan fingerprint density at radius 2 is 1.77 bits per heavy atom. The molecule has 1 aliphatic rings. The number of benzene rings is 1. The maximum Gasteiger partial charge on any atom is 0.410 e. The highest BCUT2D eigenvalue weighted by molar-refractivity contribution is 7.13. The van der Waals surface area contributed by atoms with E-state index >= 15 is 0 Å². The quantitative estimate of drug-likeness (QED) is 0.328. The number of nitriles is 1. The van der Waals surface area contributed by atoms with E-state index in [-0.39, 0.29) is 19.2 Å². The first-order valence-corrected chi connectivity index (χ1v) is 14.2. The predicted molar refractivity (Wildman–Crippen MR) is 152 cm³/mol. The highest BCUT2D eigenvalue weighted by Gasteiger charge is 2.28. The zero-order valence-corrected chi connectivity index (χ0v) is 24.9. The topological polar surface area (TPSA) is 119 Å². The van der Waals surface area contributed by atoms with Crippen LogP contribution in [0.15, 0.2) is 29.6 Å². The summed E-state index contributed by atoms with van der Waals surface area (Å²) in [6.07, 6.45) is 2.10. The average molecular weight is 571 g/mol. The van der Waals surface area contributed by atoms with Gasteiger partial charge in [-0.1, -0.05) is 13.8 Å². The molecular formula is C28H38N6O5S. The van der Waals surface area contributed by atoms with Gasteiger partial charge in [-0.15, -0.1) is 11.3 Å². The highest BCUT2D eigenvalue weighted by Crippen LogP contribution is 2.24. The lowest BCUT2D eigenvalue weighted by Gasteiger charge is -2.35. The standard InChI is InChI=1S/C28H38N6O5S/c1-20(2)11-12-34(26(36)31(6)19-29)24(35)21-7-9-23(10-8-21)38-17-22-18-40-25(30-22)32-13-15-33(16-14-32)27(37)39-28(3,4)5/h7-10,18,20H,11-17H2,1-6H3. The Bertz CT molecular complexity index is 1210. The van der Waals surface area contributed by atoms with Gasteiger partial charge in [0.2, 0.25) is 0 Å². The van der Waals surface area contributed by atoms with Gasteiger partial charge in [0, 0.05) is 50.7 Å². The van der Waals surface area contributed by atoms with E-state index in [1.54, 1.807) is 35.4 Å². The number of anilines is 1. The summed E-state index contributed by atoms with van der Waals surface area (Å²) in [5, 5.41) is 11.9. The van der Waals surface area contributed by atoms with E-state index in [1.807, 2.05) is 40.0 Å². The SMILES string of the molecule is CC(C)CCN(C(=O)c1ccc(OCc2csc(N3CCN(C(=O)OC(C)(C)C)CC3)n2)cc1)C(=O)N(C)C#N. The van der Waals surface area contributed by atoms with E-state index < -0.39 is 17.5 Å². The predicted octanol–water partition coefficient (Wildman–Crippen LogP) is 4.80. The van der Waals surface area contributed by atoms with Gasteiger partial charge in [-0.25, -0.2) is 19.5 Å². The Morgan fingerprint density at radius 1 is 1.12 bits per heavy atom. The molecule has 40 heavy (non-hydrogen) atoms. The smallest absolute Gasteiger partial charge is 0.410 e. The monoisotopic (exact) mass is 570 g/mol. The number of piperazine rings is 1. The van der Waals surface area contributed by atoms with E-state index in [9.17, 15) is 14.4 Å². The first-order valence-electron chi connectivity index (χ1n) is 13.3. The molecule has 0 N–H and O–H groups in total. The van der Waals surface area contributed by atoms with Crippen molar-refractivity contribution in [3.05, 3.63) is 40.9 Å². The summed E-state index contributed by atoms with van der Waals surface area (Å²) in [4.78, 5) is 48.5. The van der Waals surface area contributed by atoms with E-state index in [1.165, 1.54) is 18.4 Å². The fourth-order valence-electron chi connectivity index (χ4n) is 3.82. The maximum absolute atomic E-state index is 13.1. The summed E-state index contributed by atoms with van der Waals surface area (Å²) in [6.45, 7) is 12.5. The van der Waals surface area contributed by atoms with Gasteiger partial charge >= 0.3 is 12.1 Å². The van der Waals surface area contributed by atoms with E-state index in [0.717, 1.165) is 20.6 Å². The summed E-state index contributed by atoms with van der Waals surface area (Å²) < 4.78 is 11.3. The van der Waals surface area contributed by atoms with Crippen LogP contribution < -0.4 is 9.64 Å². The molecule has 0 saturated carbocycles. The molecule has 1 saturated heterocycles. The molecule has 3 rings (SSSR count). The number of nitrogens with zero attached hydrogens (tertiary/aromatic N) is 6. The molecule has 1 aromatic heterocycles. The van der Waals surface area contributed by atoms with Crippen molar-refractivity contribution in [1.29, 1.82) is 5.26 Å². The molecule has 11 nitrogen and oxygen atoms in total. The second kappa shape index (κ2) is 13.5. The molecule has 0 spiro atoms. The molecule has 1 aliphatic heterocycles. The van der Waals surface area contributed by atoms with Crippen LogP contribution in [0.3, 0.4) is 0 Å². The average Bonchev–Trinajstić information content (AvgIpc) is 3.39. The van der Waals surface area contributed by atoms with Crippen molar-refractivity contribution in [2.75, 3.05) is 44.7 Å². The van der Waals surface area contributed by atoms with Gasteiger partial charge in [0.15, 0.2) is 11.3 Å². The summed E-state index contributed by atoms with van der Waals surface area (Å²) in [7, 11) is 1.34. The Hall–Kier alpha value is -3.85. The Balaban J connectivity index is 1.54. The molecule has 1 aromatic carbocycles. The second-order valence-corrected chi connectivity index (χ2v) is 11.8. The minimum absolute atomic E-state index is 0.224. The van der Waals surface area contributed by atoms with Gasteiger partial charge in [-0.05, 0) is 57.4 Å². The molecular weight excluding hydrogens is 532 g/mol. The number of carbonyl (C=O) groups excluding carboxylic acids is 3. The van der Waals surface area contributed by atoms with Crippen LogP contribution >= 0.6 is 11.3 Å². The number of imide groups is 1. The molecule has 0 radical (unpaired) electrons. The number of carbonyl (C=O) groups is 3. The van der Waals surface area contributed by atoms with Crippen LogP contribution in [-0.2, 0) is 11.3 Å². The van der Waals surface area contributed by atoms with E-state index in [4.69, 9.17) is 14.7 Å². The molecule has 0 aliphatic carbocycles. The number of amides is 4. The highest BCUT2D eigenvalue weighted by atomic mass is 32.1. The number of thiazole rings is 1. The van der Waals surface area contributed by atoms with Crippen molar-refractivity contribution in [1.82, 2.24) is 19.7 Å². The fraction of sp³-hybridized carbons (Fsp3) is 0.536. The molecule has 216 valence electrons. The summed E-state index contributed by atoms with van der Waals surface area (Å²) in [5.74, 6) is 0.390. The van der Waals surface area contributed by atoms with Crippen LogP contribution in [0.1, 0.15) is 57.1 Å². The lowest BCUT2D eigenvalue weighted by molar-refractivity contribution is 0.0240. The maximum atomic E-state index is 13.1. The van der Waals surface area contributed by atoms with Gasteiger partial charge in [0.25, 0.3) is 5.91 Å². The van der Waals surface area contributed by atoms with Gasteiger partial charge in [0.05, 0.1) is 5.69 Å². The number of hydrogen-bond acceptors (Lipinski definition) is 9. The zero-order valence-electron chi connectivity index (χ0n) is 24.0. The molecule has 1 fully saturated rings. The van der Waals surface area contributed by atoms with Gasteiger partial charge in [-0.2, -0.15) is 5.26 Å². The number of urea groups is 1. The first-order chi connectivity index (χ1) is 18.9. The van der Waals surface area contributed by atoms with Crippen LogP contribution in [-0.4, -0.2) is 83.1 Å². The number of rotatable bonds is 8. The molecule has 2 aromatic rings. The van der Waals surface area contributed by atoms with Gasteiger partial charge < -0.3 is 19.3 Å². The third kappa shape index (κ3) is 8.58. The van der Waals surface area contributed by atoms with Gasteiger partial charge in [0.1, 0.15) is 18.0 Å². The largest absolute Gasteiger partial charge is 0.487 e. The minimum atomic E-state index is -0.654. The van der Waals surface area contributed by atoms with E-state index in [0.29, 0.717) is 49.8 Å². The van der Waals surface area contributed by atoms with Crippen LogP contribution in [0.4, 0.5) is 14.7 Å². The van der Waals surface area contributed by atoms with Crippen molar-refractivity contribution in [2.24, 2.45) is 5.92 Å². The van der Waals surface area contributed by atoms with Crippen LogP contribution in [0.5, 0.6) is 5.75 Å². The molecule has 12 heteroatoms. The number of ether oxygens (including phenoxy) is 2. The van der Waals surface area contributed by atoms with Crippen LogP contribution in [0, 0.1) is 17.4 Å². The van der Waals surface area contributed by atoms with Crippen molar-refractivity contribution < 1.29 is 23.9 Å². The van der Waals surface area contributed by atoms with Crippen molar-refractivity contribution >= 4 is 34.5 Å². The van der Waals surface area contributed by atoms with Crippen LogP contribution in [0.25, 0.3) is 0 Å². The molecule has 0 unspecified atom stereocenters. The van der Waals surface area contributed by atoms with E-state index in [2.05, 4.69) is 9.88 Å². The third-order valence-corrected chi connectivity index (χ3v) is 7.02. The Kier molecular flexibility index (Phi) is 10.3. The number of aromatic nitrogens is 1. The molecule has 2 heterocycles. The zero-order chi connectivity index (χ0) is 29.4. The molecule has 0 bridgehead atoms. The van der Waals surface area contributed by atoms with Crippen LogP contribution in [0.2, 0.25) is 0 Å². The Morgan fingerprint density at radius 3 is 2.35 bits per heavy atom. The minimum Gasteiger partial charge on any atom is -0.487 e. The third-order valence-electron chi connectivity index (χ3n) is 6.07. The fourth-order valence-corrected chi connectivity index (χ4v) is 4.68. The van der Waals surface area contributed by atoms with Gasteiger partial charge in [-0.3, -0.25) is 9.69 Å². The first kappa shape index (κ1) is 30.7. The summed E-state index contributed by atoms with van der Waals surface area (Å²) >= 11 is 1.52. The van der Waals surface area contributed by atoms with Crippen molar-refractivity contribution in [3.63, 3.8) is 0 Å². The normalized spacial score (nSPS) is 13.6. The summed E-state index contributed by atoms with van der Waals surface area (Å²) in [5.41, 5.74) is 0.591. The lowest BCUT2D eigenvalue weighted by Crippen LogP contribution is -2.50. The second-order valence-electron chi connectivity index (χ2n) is 11.0. The number of hydrogen-bond donors (Lipinski definition) is 0. The molecule has 4 amide bonds. The summed E-state index contributed by atoms with van der Waals surface area (Å²) in [6, 6.07) is 5.91. The molecule has 0 atom stereocenters. The van der Waals surface area contributed by atoms with Crippen molar-refractivity contribution in [3.8, 4) is 11.9 Å². The van der Waals surface area contributed by atoms with Crippen molar-refractivity contribution in [2.45, 2.75) is 53.2 Å². The lowest BCUT2D eigenvalue weighted by atomic mass is 10.1.